The zero-order valence-corrected chi connectivity index (χ0v) is 15.9. The molecule has 0 spiro atoms. The van der Waals surface area contributed by atoms with E-state index in [9.17, 15) is 19.7 Å². The van der Waals surface area contributed by atoms with E-state index in [4.69, 9.17) is 4.74 Å². The van der Waals surface area contributed by atoms with Crippen LogP contribution in [0.25, 0.3) is 0 Å². The van der Waals surface area contributed by atoms with E-state index in [2.05, 4.69) is 0 Å². The van der Waals surface area contributed by atoms with Crippen LogP contribution in [0.2, 0.25) is 0 Å². The molecule has 1 heterocycles. The van der Waals surface area contributed by atoms with E-state index in [1.54, 1.807) is 17.0 Å². The van der Waals surface area contributed by atoms with Gasteiger partial charge in [0.2, 0.25) is 0 Å². The van der Waals surface area contributed by atoms with E-state index in [1.165, 1.54) is 19.2 Å². The number of nitro groups is 1. The van der Waals surface area contributed by atoms with Crippen LogP contribution in [0.4, 0.5) is 5.69 Å². The highest BCUT2D eigenvalue weighted by molar-refractivity contribution is 5.99. The van der Waals surface area contributed by atoms with Gasteiger partial charge in [-0.2, -0.15) is 0 Å². The van der Waals surface area contributed by atoms with E-state index in [1.807, 2.05) is 25.1 Å². The van der Waals surface area contributed by atoms with Crippen LogP contribution in [0.1, 0.15) is 33.5 Å². The number of hydrogen-bond acceptors (Lipinski definition) is 5. The average Bonchev–Trinajstić information content (AvgIpc) is 2.85. The van der Waals surface area contributed by atoms with Crippen molar-refractivity contribution < 1.29 is 19.2 Å². The Morgan fingerprint density at radius 1 is 1.25 bits per heavy atom. The van der Waals surface area contributed by atoms with Crippen molar-refractivity contribution in [2.24, 2.45) is 0 Å². The van der Waals surface area contributed by atoms with E-state index >= 15 is 0 Å². The minimum Gasteiger partial charge on any atom is -0.467 e. The molecule has 0 aliphatic carbocycles. The Kier molecular flexibility index (Phi) is 5.73. The van der Waals surface area contributed by atoms with Crippen molar-refractivity contribution in [1.82, 2.24) is 4.90 Å². The van der Waals surface area contributed by atoms with Gasteiger partial charge in [0, 0.05) is 30.7 Å². The van der Waals surface area contributed by atoms with Crippen molar-refractivity contribution in [3.8, 4) is 0 Å². The third-order valence-electron chi connectivity index (χ3n) is 5.10. The number of rotatable bonds is 5. The molecule has 1 amide bonds. The zero-order valence-electron chi connectivity index (χ0n) is 15.9. The third kappa shape index (κ3) is 3.88. The molecule has 1 atom stereocenters. The first-order valence-electron chi connectivity index (χ1n) is 9.13. The van der Waals surface area contributed by atoms with Crippen molar-refractivity contribution in [2.75, 3.05) is 13.7 Å². The number of esters is 1. The summed E-state index contributed by atoms with van der Waals surface area (Å²) in [6, 6.07) is 11.0. The Balaban J connectivity index is 1.93. The van der Waals surface area contributed by atoms with Crippen LogP contribution in [0.15, 0.2) is 42.5 Å². The number of non-ortho nitro benzene ring substituents is 1. The number of methoxy groups -OCH3 is 1. The summed E-state index contributed by atoms with van der Waals surface area (Å²) >= 11 is 0. The second kappa shape index (κ2) is 8.21. The Morgan fingerprint density at radius 2 is 1.96 bits per heavy atom. The maximum Gasteiger partial charge on any atom is 0.328 e. The summed E-state index contributed by atoms with van der Waals surface area (Å²) in [6.07, 6.45) is 1.75. The van der Waals surface area contributed by atoms with Crippen LogP contribution in [0, 0.1) is 17.0 Å². The first-order valence-corrected chi connectivity index (χ1v) is 9.13. The van der Waals surface area contributed by atoms with Crippen LogP contribution in [0.3, 0.4) is 0 Å². The fourth-order valence-electron chi connectivity index (χ4n) is 3.66. The minimum atomic E-state index is -0.787. The van der Waals surface area contributed by atoms with Gasteiger partial charge in [-0.3, -0.25) is 14.9 Å². The molecule has 2 aromatic rings. The minimum absolute atomic E-state index is 0.0197. The molecule has 1 aliphatic rings. The molecule has 0 N–H and O–H groups in total. The number of benzene rings is 2. The number of carbonyl (C=O) groups is 2. The summed E-state index contributed by atoms with van der Waals surface area (Å²) in [4.78, 5) is 37.8. The fraction of sp³-hybridized carbons (Fsp3) is 0.333. The first kappa shape index (κ1) is 19.5. The van der Waals surface area contributed by atoms with Gasteiger partial charge in [0.15, 0.2) is 0 Å². The van der Waals surface area contributed by atoms with E-state index < -0.39 is 16.9 Å². The smallest absolute Gasteiger partial charge is 0.328 e. The lowest BCUT2D eigenvalue weighted by Gasteiger charge is -2.29. The normalized spacial score (nSPS) is 14.8. The molecular formula is C21H22N2O5. The zero-order chi connectivity index (χ0) is 20.3. The molecule has 146 valence electrons. The molecule has 28 heavy (non-hydrogen) atoms. The van der Waals surface area contributed by atoms with Crippen molar-refractivity contribution in [2.45, 2.75) is 32.2 Å². The number of nitro benzene ring substituents is 1. The first-order chi connectivity index (χ1) is 13.4. The molecule has 7 heteroatoms. The average molecular weight is 382 g/mol. The summed E-state index contributed by atoms with van der Waals surface area (Å²) < 4.78 is 4.97. The van der Waals surface area contributed by atoms with Crippen LogP contribution in [0.5, 0.6) is 0 Å². The second-order valence-corrected chi connectivity index (χ2v) is 6.88. The van der Waals surface area contributed by atoms with Crippen LogP contribution in [-0.4, -0.2) is 41.4 Å². The number of fused-ring (bicyclic) bond motifs is 1. The summed E-state index contributed by atoms with van der Waals surface area (Å²) in [6.45, 7) is 2.34. The molecule has 1 aliphatic heterocycles. The molecule has 0 bridgehead atoms. The van der Waals surface area contributed by atoms with Gasteiger partial charge < -0.3 is 9.64 Å². The third-order valence-corrected chi connectivity index (χ3v) is 5.10. The number of carbonyl (C=O) groups excluding carboxylic acids is 2. The Labute approximate surface area is 163 Å². The summed E-state index contributed by atoms with van der Waals surface area (Å²) in [5.74, 6) is -0.674. The van der Waals surface area contributed by atoms with Gasteiger partial charge in [-0.25, -0.2) is 4.79 Å². The number of aryl methyl sites for hydroxylation is 2. The standard InChI is InChI=1S/C21H22N2O5/c1-14-5-3-6-16-7-4-12-22(20(24)19(14)16)18(21(25)28-2)13-15-8-10-17(11-9-15)23(26)27/h3,5-6,8-11,18H,4,7,12-13H2,1-2H3/t18-/m0/s1. The van der Waals surface area contributed by atoms with Crippen LogP contribution >= 0.6 is 0 Å². The van der Waals surface area contributed by atoms with E-state index in [-0.39, 0.29) is 18.0 Å². The van der Waals surface area contributed by atoms with Gasteiger partial charge >= 0.3 is 5.97 Å². The fourth-order valence-corrected chi connectivity index (χ4v) is 3.66. The molecule has 0 aromatic heterocycles. The highest BCUT2D eigenvalue weighted by atomic mass is 16.6. The molecule has 2 aromatic carbocycles. The Bertz CT molecular complexity index is 908. The van der Waals surface area contributed by atoms with E-state index in [0.717, 1.165) is 29.5 Å². The quantitative estimate of drug-likeness (QED) is 0.450. The summed E-state index contributed by atoms with van der Waals surface area (Å²) in [5, 5.41) is 10.8. The molecule has 7 nitrogen and oxygen atoms in total. The Hall–Kier alpha value is -3.22. The van der Waals surface area contributed by atoms with Crippen LogP contribution in [-0.2, 0) is 22.4 Å². The maximum absolute atomic E-state index is 13.3. The largest absolute Gasteiger partial charge is 0.467 e. The van der Waals surface area contributed by atoms with Crippen molar-refractivity contribution >= 4 is 17.6 Å². The number of amides is 1. The topological polar surface area (TPSA) is 89.8 Å². The molecular weight excluding hydrogens is 360 g/mol. The molecule has 3 rings (SSSR count). The predicted molar refractivity (Wildman–Crippen MR) is 103 cm³/mol. The Morgan fingerprint density at radius 3 is 2.61 bits per heavy atom. The van der Waals surface area contributed by atoms with Crippen molar-refractivity contribution in [3.05, 3.63) is 74.8 Å². The van der Waals surface area contributed by atoms with Crippen molar-refractivity contribution in [1.29, 1.82) is 0 Å². The maximum atomic E-state index is 13.3. The van der Waals surface area contributed by atoms with Gasteiger partial charge in [0.25, 0.3) is 11.6 Å². The second-order valence-electron chi connectivity index (χ2n) is 6.88. The van der Waals surface area contributed by atoms with Gasteiger partial charge in [-0.05, 0) is 36.5 Å². The molecule has 0 radical (unpaired) electrons. The lowest BCUT2D eigenvalue weighted by Crippen LogP contribution is -2.47. The molecule has 0 fully saturated rings. The highest BCUT2D eigenvalue weighted by Gasteiger charge is 2.34. The molecule has 0 saturated heterocycles. The lowest BCUT2D eigenvalue weighted by atomic mass is 9.98. The molecule has 0 saturated carbocycles. The highest BCUT2D eigenvalue weighted by Crippen LogP contribution is 2.25. The number of nitrogens with zero attached hydrogens (tertiary/aromatic N) is 2. The van der Waals surface area contributed by atoms with E-state index in [0.29, 0.717) is 12.1 Å². The number of hydrogen-bond donors (Lipinski definition) is 0. The van der Waals surface area contributed by atoms with Gasteiger partial charge in [-0.1, -0.05) is 30.3 Å². The van der Waals surface area contributed by atoms with Crippen LogP contribution < -0.4 is 0 Å². The summed E-state index contributed by atoms with van der Waals surface area (Å²) in [7, 11) is 1.30. The summed E-state index contributed by atoms with van der Waals surface area (Å²) in [5.41, 5.74) is 3.23. The number of ether oxygens (including phenoxy) is 1. The lowest BCUT2D eigenvalue weighted by molar-refractivity contribution is -0.384. The predicted octanol–water partition coefficient (Wildman–Crippen LogP) is 3.08. The monoisotopic (exact) mass is 382 g/mol. The SMILES string of the molecule is COC(=O)[C@H](Cc1ccc([N+](=O)[O-])cc1)N1CCCc2cccc(C)c2C1=O. The van der Waals surface area contributed by atoms with Gasteiger partial charge in [0.1, 0.15) is 6.04 Å². The van der Waals surface area contributed by atoms with Gasteiger partial charge in [-0.15, -0.1) is 0 Å². The molecule has 0 unspecified atom stereocenters. The van der Waals surface area contributed by atoms with Crippen molar-refractivity contribution in [3.63, 3.8) is 0 Å². The van der Waals surface area contributed by atoms with Gasteiger partial charge in [0.05, 0.1) is 12.0 Å².